The largest absolute Gasteiger partial charge is 0.491 e. The average molecular weight is 441 g/mol. The van der Waals surface area contributed by atoms with Crippen LogP contribution in [0.1, 0.15) is 11.1 Å². The van der Waals surface area contributed by atoms with Crippen molar-refractivity contribution in [2.75, 3.05) is 31.8 Å². The summed E-state index contributed by atoms with van der Waals surface area (Å²) < 4.78 is 15.9. The van der Waals surface area contributed by atoms with Crippen molar-refractivity contribution >= 4 is 28.5 Å². The molecule has 31 heavy (non-hydrogen) atoms. The molecule has 0 aliphatic heterocycles. The second-order valence-corrected chi connectivity index (χ2v) is 8.39. The second-order valence-electron chi connectivity index (χ2n) is 7.24. The number of hydrogen-bond donors (Lipinski definition) is 1. The molecule has 0 radical (unpaired) electrons. The van der Waals surface area contributed by atoms with Crippen molar-refractivity contribution in [3.8, 4) is 11.5 Å². The van der Waals surface area contributed by atoms with Crippen LogP contribution in [0.15, 0.2) is 60.7 Å². The zero-order chi connectivity index (χ0) is 22.1. The molecule has 0 bridgehead atoms. The molecule has 0 fully saturated rings. The van der Waals surface area contributed by atoms with E-state index in [0.717, 1.165) is 28.7 Å². The van der Waals surface area contributed by atoms with Gasteiger partial charge in [0.1, 0.15) is 18.1 Å². The van der Waals surface area contributed by atoms with Gasteiger partial charge < -0.3 is 19.3 Å². The lowest BCUT2D eigenvalue weighted by atomic mass is 10.0. The quantitative estimate of drug-likeness (QED) is 0.352. The summed E-state index contributed by atoms with van der Waals surface area (Å²) in [5.41, 5.74) is 2.39. The summed E-state index contributed by atoms with van der Waals surface area (Å²) in [6.07, 6.45) is 0.353. The molecule has 3 aromatic carbocycles. The predicted octanol–water partition coefficient (Wildman–Crippen LogP) is 4.42. The fourth-order valence-electron chi connectivity index (χ4n) is 3.16. The van der Waals surface area contributed by atoms with Crippen LogP contribution in [0.5, 0.6) is 11.5 Å². The van der Waals surface area contributed by atoms with Gasteiger partial charge in [0.25, 0.3) is 0 Å². The number of benzene rings is 3. The van der Waals surface area contributed by atoms with Crippen LogP contribution in [0.2, 0.25) is 0 Å². The molecule has 1 N–H and O–H groups in total. The number of fused-ring (bicyclic) bond motifs is 1. The van der Waals surface area contributed by atoms with Gasteiger partial charge in [-0.05, 0) is 48.2 Å². The van der Waals surface area contributed by atoms with Crippen molar-refractivity contribution in [1.82, 2.24) is 0 Å². The maximum absolute atomic E-state index is 11.4. The Morgan fingerprint density at radius 1 is 1.00 bits per heavy atom. The maximum Gasteiger partial charge on any atom is 0.343 e. The third kappa shape index (κ3) is 6.91. The Hall–Kier alpha value is -2.70. The molecule has 1 unspecified atom stereocenters. The highest BCUT2D eigenvalue weighted by molar-refractivity contribution is 7.99. The monoisotopic (exact) mass is 440 g/mol. The van der Waals surface area contributed by atoms with Gasteiger partial charge >= 0.3 is 5.97 Å². The first-order valence-corrected chi connectivity index (χ1v) is 11.4. The molecule has 0 aromatic heterocycles. The molecular formula is C25H28O5S. The topological polar surface area (TPSA) is 65.0 Å². The van der Waals surface area contributed by atoms with E-state index in [-0.39, 0.29) is 13.2 Å². The van der Waals surface area contributed by atoms with Gasteiger partial charge in [-0.2, -0.15) is 11.8 Å². The summed E-state index contributed by atoms with van der Waals surface area (Å²) in [4.78, 5) is 11.4. The molecule has 0 aliphatic carbocycles. The van der Waals surface area contributed by atoms with Crippen molar-refractivity contribution in [3.05, 3.63) is 71.8 Å². The van der Waals surface area contributed by atoms with Gasteiger partial charge in [0.2, 0.25) is 0 Å². The van der Waals surface area contributed by atoms with Crippen molar-refractivity contribution in [2.45, 2.75) is 19.4 Å². The Bertz CT molecular complexity index is 987. The number of aliphatic hydroxyl groups is 1. The van der Waals surface area contributed by atoms with Gasteiger partial charge in [-0.15, -0.1) is 0 Å². The van der Waals surface area contributed by atoms with E-state index in [1.165, 1.54) is 18.2 Å². The average Bonchev–Trinajstić information content (AvgIpc) is 2.79. The lowest BCUT2D eigenvalue weighted by molar-refractivity contribution is -0.142. The Balaban J connectivity index is 1.49. The first kappa shape index (κ1) is 23.0. The van der Waals surface area contributed by atoms with Gasteiger partial charge in [-0.25, -0.2) is 4.79 Å². The molecule has 1 atom stereocenters. The van der Waals surface area contributed by atoms with Crippen LogP contribution in [0.3, 0.4) is 0 Å². The van der Waals surface area contributed by atoms with Gasteiger partial charge in [0, 0.05) is 11.1 Å². The summed E-state index contributed by atoms with van der Waals surface area (Å²) in [5.74, 6) is 2.53. The minimum atomic E-state index is -0.517. The molecular weight excluding hydrogens is 412 g/mol. The number of methoxy groups -OCH3 is 1. The number of aryl methyl sites for hydroxylation is 2. The molecule has 6 heteroatoms. The van der Waals surface area contributed by atoms with E-state index < -0.39 is 12.1 Å². The molecule has 0 amide bonds. The van der Waals surface area contributed by atoms with Crippen LogP contribution in [-0.4, -0.2) is 49.0 Å². The highest BCUT2D eigenvalue weighted by Crippen LogP contribution is 2.29. The minimum absolute atomic E-state index is 0.113. The Labute approximate surface area is 187 Å². The van der Waals surface area contributed by atoms with Crippen LogP contribution in [0.25, 0.3) is 10.8 Å². The van der Waals surface area contributed by atoms with E-state index in [1.807, 2.05) is 55.5 Å². The van der Waals surface area contributed by atoms with E-state index in [0.29, 0.717) is 11.5 Å². The molecule has 164 valence electrons. The smallest absolute Gasteiger partial charge is 0.343 e. The van der Waals surface area contributed by atoms with Crippen LogP contribution < -0.4 is 9.47 Å². The molecule has 0 saturated carbocycles. The number of carbonyl (C=O) groups is 1. The number of thioether (sulfide) groups is 1. The van der Waals surface area contributed by atoms with E-state index in [9.17, 15) is 9.90 Å². The zero-order valence-corrected chi connectivity index (χ0v) is 18.7. The van der Waals surface area contributed by atoms with E-state index >= 15 is 0 Å². The lowest BCUT2D eigenvalue weighted by Crippen LogP contribution is -2.20. The molecule has 5 nitrogen and oxygen atoms in total. The van der Waals surface area contributed by atoms with Gasteiger partial charge in [0.05, 0.1) is 13.2 Å². The third-order valence-corrected chi connectivity index (χ3v) is 5.95. The normalized spacial score (nSPS) is 11.8. The standard InChI is InChI=1S/C25H28O5S/c1-18-9-11-21(12-10-18)29-15-20(26)17-31-14-13-19-5-3-7-23-22(19)6-4-8-24(23)30-16-25(27)28-2/h3-12,20,26H,13-17H2,1-2H3. The number of ether oxygens (including phenoxy) is 3. The fourth-order valence-corrected chi connectivity index (χ4v) is 4.06. The van der Waals surface area contributed by atoms with Gasteiger partial charge in [0.15, 0.2) is 6.61 Å². The zero-order valence-electron chi connectivity index (χ0n) is 17.9. The lowest BCUT2D eigenvalue weighted by Gasteiger charge is -2.13. The first-order chi connectivity index (χ1) is 15.1. The van der Waals surface area contributed by atoms with Crippen molar-refractivity contribution in [3.63, 3.8) is 0 Å². The number of hydrogen-bond acceptors (Lipinski definition) is 6. The van der Waals surface area contributed by atoms with Crippen molar-refractivity contribution < 1.29 is 24.1 Å². The fraction of sp³-hybridized carbons (Fsp3) is 0.320. The maximum atomic E-state index is 11.4. The Morgan fingerprint density at radius 2 is 1.74 bits per heavy atom. The van der Waals surface area contributed by atoms with Crippen LogP contribution in [-0.2, 0) is 16.0 Å². The second kappa shape index (κ2) is 11.6. The predicted molar refractivity (Wildman–Crippen MR) is 125 cm³/mol. The summed E-state index contributed by atoms with van der Waals surface area (Å²) in [6.45, 7) is 2.20. The summed E-state index contributed by atoms with van der Waals surface area (Å²) >= 11 is 1.70. The van der Waals surface area contributed by atoms with Crippen molar-refractivity contribution in [2.24, 2.45) is 0 Å². The van der Waals surface area contributed by atoms with Crippen LogP contribution in [0, 0.1) is 6.92 Å². The minimum Gasteiger partial charge on any atom is -0.491 e. The number of rotatable bonds is 11. The van der Waals surface area contributed by atoms with E-state index in [4.69, 9.17) is 9.47 Å². The molecule has 0 heterocycles. The van der Waals surface area contributed by atoms with E-state index in [2.05, 4.69) is 16.9 Å². The first-order valence-electron chi connectivity index (χ1n) is 10.2. The summed E-state index contributed by atoms with van der Waals surface area (Å²) in [6, 6.07) is 19.7. The third-order valence-electron chi connectivity index (χ3n) is 4.83. The highest BCUT2D eigenvalue weighted by Gasteiger charge is 2.10. The number of aliphatic hydroxyl groups excluding tert-OH is 1. The van der Waals surface area contributed by atoms with Crippen LogP contribution in [0.4, 0.5) is 0 Å². The molecule has 0 saturated heterocycles. The number of esters is 1. The highest BCUT2D eigenvalue weighted by atomic mass is 32.2. The van der Waals surface area contributed by atoms with Gasteiger partial charge in [-0.3, -0.25) is 0 Å². The molecule has 0 aliphatic rings. The summed E-state index contributed by atoms with van der Waals surface area (Å²) in [5, 5.41) is 12.3. The number of carbonyl (C=O) groups excluding carboxylic acids is 1. The van der Waals surface area contributed by atoms with E-state index in [1.54, 1.807) is 11.8 Å². The van der Waals surface area contributed by atoms with Gasteiger partial charge in [-0.1, -0.05) is 48.0 Å². The molecule has 0 spiro atoms. The Morgan fingerprint density at radius 3 is 2.52 bits per heavy atom. The SMILES string of the molecule is COC(=O)COc1cccc2c(CCSCC(O)COc3ccc(C)cc3)cccc12. The van der Waals surface area contributed by atoms with Crippen LogP contribution >= 0.6 is 11.8 Å². The Kier molecular flexibility index (Phi) is 8.62. The summed E-state index contributed by atoms with van der Waals surface area (Å²) in [7, 11) is 1.34. The molecule has 3 rings (SSSR count). The van der Waals surface area contributed by atoms with Crippen molar-refractivity contribution in [1.29, 1.82) is 0 Å². The molecule has 3 aromatic rings.